The third-order valence-electron chi connectivity index (χ3n) is 3.71. The molecule has 0 heterocycles. The molecule has 0 bridgehead atoms. The third-order valence-corrected chi connectivity index (χ3v) is 3.71. The second-order valence-corrected chi connectivity index (χ2v) is 5.27. The smallest absolute Gasteiger partial charge is 0.272 e. The van der Waals surface area contributed by atoms with E-state index in [4.69, 9.17) is 5.73 Å². The van der Waals surface area contributed by atoms with Gasteiger partial charge in [-0.2, -0.15) is 0 Å². The van der Waals surface area contributed by atoms with Crippen molar-refractivity contribution in [3.05, 3.63) is 39.7 Å². The summed E-state index contributed by atoms with van der Waals surface area (Å²) in [6.45, 7) is 2.09. The Morgan fingerprint density at radius 3 is 2.62 bits per heavy atom. The van der Waals surface area contributed by atoms with E-state index in [1.807, 2.05) is 6.92 Å². The normalized spacial score (nSPS) is 16.5. The molecular formula is C13H17ClFN3O3. The molecule has 0 aromatic heterocycles. The molecule has 1 aromatic carbocycles. The highest BCUT2D eigenvalue weighted by molar-refractivity contribution is 5.95. The average Bonchev–Trinajstić information content (AvgIpc) is 3.22. The lowest BCUT2D eigenvalue weighted by Gasteiger charge is -2.29. The van der Waals surface area contributed by atoms with Gasteiger partial charge >= 0.3 is 0 Å². The number of nitrogens with zero attached hydrogens (tertiary/aromatic N) is 1. The Labute approximate surface area is 127 Å². The standard InChI is InChI=1S/C13H16FN3O3.ClH/c1-13(7-15,8-2-3-8)16-12(18)10-5-4-9(17(19)20)6-11(10)14;/h4-6,8H,2-3,7,15H2,1H3,(H,16,18);1H. The molecule has 1 aromatic rings. The van der Waals surface area contributed by atoms with E-state index in [1.54, 1.807) is 0 Å². The van der Waals surface area contributed by atoms with Crippen LogP contribution in [-0.2, 0) is 0 Å². The summed E-state index contributed by atoms with van der Waals surface area (Å²) in [6.07, 6.45) is 1.97. The van der Waals surface area contributed by atoms with Crippen molar-refractivity contribution in [2.45, 2.75) is 25.3 Å². The summed E-state index contributed by atoms with van der Waals surface area (Å²) in [5, 5.41) is 13.3. The molecule has 1 aliphatic rings. The highest BCUT2D eigenvalue weighted by atomic mass is 35.5. The van der Waals surface area contributed by atoms with Gasteiger partial charge in [-0.1, -0.05) is 0 Å². The highest BCUT2D eigenvalue weighted by Crippen LogP contribution is 2.39. The molecule has 1 amide bonds. The van der Waals surface area contributed by atoms with Gasteiger partial charge in [-0.15, -0.1) is 12.4 Å². The SMILES string of the molecule is CC(CN)(NC(=O)c1ccc([N+](=O)[O-])cc1F)C1CC1.Cl. The van der Waals surface area contributed by atoms with Crippen LogP contribution in [0.4, 0.5) is 10.1 Å². The van der Waals surface area contributed by atoms with Crippen LogP contribution in [-0.4, -0.2) is 22.9 Å². The average molecular weight is 318 g/mol. The van der Waals surface area contributed by atoms with Gasteiger partial charge in [-0.05, 0) is 31.7 Å². The van der Waals surface area contributed by atoms with E-state index < -0.39 is 22.2 Å². The molecule has 0 aliphatic heterocycles. The molecule has 1 aliphatic carbocycles. The molecular weight excluding hydrogens is 301 g/mol. The number of nitrogens with one attached hydrogen (secondary N) is 1. The summed E-state index contributed by atoms with van der Waals surface area (Å²) in [5.74, 6) is -1.21. The zero-order valence-electron chi connectivity index (χ0n) is 11.5. The number of nitrogens with two attached hydrogens (primary N) is 1. The second-order valence-electron chi connectivity index (χ2n) is 5.27. The van der Waals surface area contributed by atoms with Crippen molar-refractivity contribution in [1.82, 2.24) is 5.32 Å². The molecule has 1 atom stereocenters. The van der Waals surface area contributed by atoms with E-state index in [9.17, 15) is 19.3 Å². The second kappa shape index (κ2) is 6.36. The van der Waals surface area contributed by atoms with Crippen LogP contribution >= 0.6 is 12.4 Å². The van der Waals surface area contributed by atoms with Crippen LogP contribution in [0, 0.1) is 21.8 Å². The fraction of sp³-hybridized carbons (Fsp3) is 0.462. The predicted octanol–water partition coefficient (Wildman–Crippen LogP) is 2.01. The molecule has 0 spiro atoms. The first-order chi connectivity index (χ1) is 9.37. The molecule has 1 saturated carbocycles. The van der Waals surface area contributed by atoms with Crippen LogP contribution in [0.25, 0.3) is 0 Å². The van der Waals surface area contributed by atoms with Crippen LogP contribution < -0.4 is 11.1 Å². The minimum absolute atomic E-state index is 0. The lowest BCUT2D eigenvalue weighted by molar-refractivity contribution is -0.385. The molecule has 3 N–H and O–H groups in total. The van der Waals surface area contributed by atoms with Gasteiger partial charge in [-0.3, -0.25) is 14.9 Å². The summed E-state index contributed by atoms with van der Waals surface area (Å²) >= 11 is 0. The first-order valence-electron chi connectivity index (χ1n) is 6.34. The molecule has 2 rings (SSSR count). The molecule has 1 fully saturated rings. The largest absolute Gasteiger partial charge is 0.345 e. The van der Waals surface area contributed by atoms with Gasteiger partial charge in [-0.25, -0.2) is 4.39 Å². The Morgan fingerprint density at radius 1 is 1.57 bits per heavy atom. The Balaban J connectivity index is 0.00000220. The van der Waals surface area contributed by atoms with Crippen molar-refractivity contribution < 1.29 is 14.1 Å². The van der Waals surface area contributed by atoms with E-state index in [2.05, 4.69) is 5.32 Å². The van der Waals surface area contributed by atoms with Gasteiger partial charge in [0.2, 0.25) is 0 Å². The Kier molecular flexibility index (Phi) is 5.25. The van der Waals surface area contributed by atoms with Crippen LogP contribution in [0.5, 0.6) is 0 Å². The van der Waals surface area contributed by atoms with Crippen LogP contribution in [0.15, 0.2) is 18.2 Å². The molecule has 0 saturated heterocycles. The monoisotopic (exact) mass is 317 g/mol. The number of benzene rings is 1. The first kappa shape index (κ1) is 17.3. The summed E-state index contributed by atoms with van der Waals surface area (Å²) in [5.41, 5.74) is 4.52. The number of nitro benzene ring substituents is 1. The zero-order chi connectivity index (χ0) is 14.9. The van der Waals surface area contributed by atoms with E-state index in [0.29, 0.717) is 5.92 Å². The van der Waals surface area contributed by atoms with Crippen molar-refractivity contribution in [3.8, 4) is 0 Å². The molecule has 8 heteroatoms. The van der Waals surface area contributed by atoms with Gasteiger partial charge in [0.05, 0.1) is 22.1 Å². The van der Waals surface area contributed by atoms with Gasteiger partial charge in [0.15, 0.2) is 0 Å². The maximum absolute atomic E-state index is 13.8. The van der Waals surface area contributed by atoms with Crippen LogP contribution in [0.1, 0.15) is 30.1 Å². The number of carbonyl (C=O) groups excluding carboxylic acids is 1. The van der Waals surface area contributed by atoms with Crippen molar-refractivity contribution in [2.24, 2.45) is 11.7 Å². The maximum atomic E-state index is 13.8. The molecule has 21 heavy (non-hydrogen) atoms. The van der Waals surface area contributed by atoms with Crippen molar-refractivity contribution in [2.75, 3.05) is 6.54 Å². The molecule has 0 radical (unpaired) electrons. The van der Waals surface area contributed by atoms with E-state index in [0.717, 1.165) is 31.0 Å². The number of amides is 1. The maximum Gasteiger partial charge on any atom is 0.272 e. The van der Waals surface area contributed by atoms with Gasteiger partial charge in [0.1, 0.15) is 5.82 Å². The van der Waals surface area contributed by atoms with Crippen molar-refractivity contribution in [3.63, 3.8) is 0 Å². The van der Waals surface area contributed by atoms with Gasteiger partial charge < -0.3 is 11.1 Å². The minimum Gasteiger partial charge on any atom is -0.345 e. The zero-order valence-corrected chi connectivity index (χ0v) is 12.3. The van der Waals surface area contributed by atoms with Crippen molar-refractivity contribution in [1.29, 1.82) is 0 Å². The van der Waals surface area contributed by atoms with Crippen molar-refractivity contribution >= 4 is 24.0 Å². The van der Waals surface area contributed by atoms with Gasteiger partial charge in [0, 0.05) is 12.6 Å². The van der Waals surface area contributed by atoms with E-state index in [1.165, 1.54) is 0 Å². The number of carbonyl (C=O) groups is 1. The van der Waals surface area contributed by atoms with Gasteiger partial charge in [0.25, 0.3) is 11.6 Å². The number of hydrogen-bond donors (Lipinski definition) is 2. The van der Waals surface area contributed by atoms with E-state index in [-0.39, 0.29) is 30.2 Å². The Morgan fingerprint density at radius 2 is 2.19 bits per heavy atom. The number of non-ortho nitro benzene ring substituents is 1. The number of nitro groups is 1. The topological polar surface area (TPSA) is 98.3 Å². The Hall–Kier alpha value is -1.73. The lowest BCUT2D eigenvalue weighted by Crippen LogP contribution is -2.53. The fourth-order valence-corrected chi connectivity index (χ4v) is 2.17. The Bertz CT molecular complexity index is 566. The summed E-state index contributed by atoms with van der Waals surface area (Å²) < 4.78 is 13.8. The summed E-state index contributed by atoms with van der Waals surface area (Å²) in [7, 11) is 0. The fourth-order valence-electron chi connectivity index (χ4n) is 2.17. The molecule has 6 nitrogen and oxygen atoms in total. The van der Waals surface area contributed by atoms with Crippen LogP contribution in [0.3, 0.4) is 0 Å². The van der Waals surface area contributed by atoms with Crippen LogP contribution in [0.2, 0.25) is 0 Å². The summed E-state index contributed by atoms with van der Waals surface area (Å²) in [6, 6.07) is 2.97. The number of halogens is 2. The molecule has 116 valence electrons. The minimum atomic E-state index is -0.910. The van der Waals surface area contributed by atoms with E-state index >= 15 is 0 Å². The predicted molar refractivity (Wildman–Crippen MR) is 78.0 cm³/mol. The molecule has 1 unspecified atom stereocenters. The lowest BCUT2D eigenvalue weighted by atomic mass is 9.95. The highest BCUT2D eigenvalue weighted by Gasteiger charge is 2.41. The summed E-state index contributed by atoms with van der Waals surface area (Å²) in [4.78, 5) is 21.9. The number of rotatable bonds is 5. The number of hydrogen-bond acceptors (Lipinski definition) is 4. The third kappa shape index (κ3) is 3.68. The first-order valence-corrected chi connectivity index (χ1v) is 6.34. The quantitative estimate of drug-likeness (QED) is 0.641.